The quantitative estimate of drug-likeness (QED) is 0.638. The monoisotopic (exact) mass is 236 g/mol. The zero-order chi connectivity index (χ0) is 12.1. The normalized spacial score (nSPS) is 24.7. The molecular formula is C16H16N2. The first-order chi connectivity index (χ1) is 8.86. The average Bonchev–Trinajstić information content (AvgIpc) is 2.53. The van der Waals surface area contributed by atoms with E-state index in [0.717, 1.165) is 12.5 Å². The van der Waals surface area contributed by atoms with E-state index in [1.165, 1.54) is 41.7 Å². The highest BCUT2D eigenvalue weighted by Gasteiger charge is 2.34. The summed E-state index contributed by atoms with van der Waals surface area (Å²) in [6.45, 7) is 5.55. The highest BCUT2D eigenvalue weighted by atomic mass is 15.2. The van der Waals surface area contributed by atoms with E-state index in [0.29, 0.717) is 0 Å². The Kier molecular flexibility index (Phi) is 2.06. The molecule has 2 nitrogen and oxygen atoms in total. The van der Waals surface area contributed by atoms with Gasteiger partial charge in [-0.1, -0.05) is 24.1 Å². The largest absolute Gasteiger partial charge is 0.298 e. The van der Waals surface area contributed by atoms with Gasteiger partial charge >= 0.3 is 0 Å². The van der Waals surface area contributed by atoms with Gasteiger partial charge in [0.1, 0.15) is 0 Å². The fraction of sp³-hybridized carbons (Fsp3) is 0.375. The van der Waals surface area contributed by atoms with Crippen LogP contribution in [0.25, 0.3) is 10.9 Å². The summed E-state index contributed by atoms with van der Waals surface area (Å²) in [7, 11) is 0. The summed E-state index contributed by atoms with van der Waals surface area (Å²) in [4.78, 5) is 2.55. The van der Waals surface area contributed by atoms with Gasteiger partial charge in [0, 0.05) is 36.8 Å². The minimum atomic E-state index is 0.841. The van der Waals surface area contributed by atoms with Crippen molar-refractivity contribution >= 4 is 10.9 Å². The van der Waals surface area contributed by atoms with Crippen molar-refractivity contribution < 1.29 is 0 Å². The molecule has 1 aromatic carbocycles. The second-order valence-corrected chi connectivity index (χ2v) is 5.40. The minimum absolute atomic E-state index is 0.841. The van der Waals surface area contributed by atoms with E-state index in [2.05, 4.69) is 45.7 Å². The number of aromatic nitrogens is 1. The highest BCUT2D eigenvalue weighted by Crippen LogP contribution is 2.35. The zero-order valence-corrected chi connectivity index (χ0v) is 10.6. The summed E-state index contributed by atoms with van der Waals surface area (Å²) in [5.74, 6) is 3.90. The molecule has 0 aliphatic carbocycles. The zero-order valence-electron chi connectivity index (χ0n) is 10.6. The third-order valence-corrected chi connectivity index (χ3v) is 4.21. The van der Waals surface area contributed by atoms with Crippen LogP contribution in [0.5, 0.6) is 0 Å². The van der Waals surface area contributed by atoms with E-state index in [1.807, 2.05) is 6.92 Å². The summed E-state index contributed by atoms with van der Waals surface area (Å²) < 4.78 is 2.23. The molecular weight excluding hydrogens is 220 g/mol. The molecule has 1 saturated heterocycles. The van der Waals surface area contributed by atoms with Crippen LogP contribution in [0.2, 0.25) is 0 Å². The van der Waals surface area contributed by atoms with Crippen LogP contribution in [0.15, 0.2) is 24.3 Å². The van der Waals surface area contributed by atoms with Gasteiger partial charge < -0.3 is 0 Å². The lowest BCUT2D eigenvalue weighted by molar-refractivity contribution is 0.103. The van der Waals surface area contributed by atoms with E-state index in [-0.39, 0.29) is 0 Å². The van der Waals surface area contributed by atoms with E-state index >= 15 is 0 Å². The maximum atomic E-state index is 3.27. The molecule has 2 bridgehead atoms. The number of benzene rings is 1. The minimum Gasteiger partial charge on any atom is -0.298 e. The van der Waals surface area contributed by atoms with Crippen LogP contribution in [0.3, 0.4) is 0 Å². The molecule has 1 aromatic heterocycles. The molecule has 0 radical (unpaired) electrons. The third-order valence-electron chi connectivity index (χ3n) is 4.21. The number of fused-ring (bicyclic) bond motifs is 1. The van der Waals surface area contributed by atoms with Gasteiger partial charge in [0.2, 0.25) is 0 Å². The van der Waals surface area contributed by atoms with Gasteiger partial charge in [0.15, 0.2) is 0 Å². The molecule has 5 rings (SSSR count). The first kappa shape index (κ1) is 10.2. The van der Waals surface area contributed by atoms with Crippen LogP contribution >= 0.6 is 0 Å². The summed E-state index contributed by atoms with van der Waals surface area (Å²) in [5, 5.41) is 1.39. The first-order valence-corrected chi connectivity index (χ1v) is 6.63. The van der Waals surface area contributed by atoms with Crippen molar-refractivity contribution in [3.63, 3.8) is 0 Å². The molecule has 2 aromatic rings. The van der Waals surface area contributed by atoms with Gasteiger partial charge in [-0.3, -0.25) is 9.47 Å². The van der Waals surface area contributed by atoms with Crippen molar-refractivity contribution in [2.75, 3.05) is 13.1 Å². The Morgan fingerprint density at radius 3 is 2.89 bits per heavy atom. The SMILES string of the molecule is CC#Cn1c2c(c3ccccc31)CN1CC(C2)C1. The summed E-state index contributed by atoms with van der Waals surface area (Å²) >= 11 is 0. The van der Waals surface area contributed by atoms with Crippen molar-refractivity contribution in [3.8, 4) is 12.0 Å². The van der Waals surface area contributed by atoms with Crippen molar-refractivity contribution in [2.45, 2.75) is 19.9 Å². The van der Waals surface area contributed by atoms with Crippen LogP contribution in [0.4, 0.5) is 0 Å². The molecule has 0 unspecified atom stereocenters. The Hall–Kier alpha value is -1.72. The van der Waals surface area contributed by atoms with Gasteiger partial charge in [-0.05, 0) is 30.9 Å². The van der Waals surface area contributed by atoms with Gasteiger partial charge in [0.05, 0.1) is 5.52 Å². The second kappa shape index (κ2) is 3.63. The molecule has 0 spiro atoms. The van der Waals surface area contributed by atoms with E-state index in [9.17, 15) is 0 Å². The summed E-state index contributed by atoms with van der Waals surface area (Å²) in [6, 6.07) is 11.9. The Labute approximate surface area is 107 Å². The number of nitrogens with zero attached hydrogens (tertiary/aromatic N) is 2. The second-order valence-electron chi connectivity index (χ2n) is 5.40. The molecule has 0 atom stereocenters. The lowest BCUT2D eigenvalue weighted by Gasteiger charge is -2.36. The smallest absolute Gasteiger partial charge is 0.0618 e. The highest BCUT2D eigenvalue weighted by molar-refractivity contribution is 5.86. The molecule has 2 heteroatoms. The lowest BCUT2D eigenvalue weighted by atomic mass is 9.97. The van der Waals surface area contributed by atoms with Crippen LogP contribution in [-0.4, -0.2) is 22.6 Å². The van der Waals surface area contributed by atoms with Crippen LogP contribution in [0.1, 0.15) is 18.2 Å². The maximum absolute atomic E-state index is 3.27. The molecule has 4 heterocycles. The van der Waals surface area contributed by atoms with Crippen molar-refractivity contribution in [1.29, 1.82) is 0 Å². The topological polar surface area (TPSA) is 8.17 Å². The molecule has 1 fully saturated rings. The number of para-hydroxylation sites is 1. The molecule has 18 heavy (non-hydrogen) atoms. The number of rotatable bonds is 0. The van der Waals surface area contributed by atoms with E-state index in [1.54, 1.807) is 0 Å². The molecule has 90 valence electrons. The van der Waals surface area contributed by atoms with Crippen molar-refractivity contribution in [1.82, 2.24) is 9.47 Å². The standard InChI is InChI=1S/C16H16N2/c1-2-7-18-15-6-4-3-5-13(15)14-11-17-9-12(10-17)8-16(14)18/h3-6,12H,8-11H2,1H3. The molecule has 3 aliphatic rings. The van der Waals surface area contributed by atoms with Crippen LogP contribution in [0, 0.1) is 17.9 Å². The van der Waals surface area contributed by atoms with Crippen LogP contribution < -0.4 is 0 Å². The number of hydrogen-bond acceptors (Lipinski definition) is 1. The lowest BCUT2D eigenvalue weighted by Crippen LogP contribution is -2.44. The van der Waals surface area contributed by atoms with Crippen molar-refractivity contribution in [3.05, 3.63) is 35.5 Å². The molecule has 0 N–H and O–H groups in total. The Balaban J connectivity index is 2.04. The molecule has 0 amide bonds. The van der Waals surface area contributed by atoms with E-state index in [4.69, 9.17) is 0 Å². The van der Waals surface area contributed by atoms with Gasteiger partial charge in [-0.2, -0.15) is 0 Å². The van der Waals surface area contributed by atoms with Gasteiger partial charge in [-0.15, -0.1) is 0 Å². The summed E-state index contributed by atoms with van der Waals surface area (Å²) in [6.07, 6.45) is 1.19. The Morgan fingerprint density at radius 2 is 2.06 bits per heavy atom. The van der Waals surface area contributed by atoms with Gasteiger partial charge in [-0.25, -0.2) is 0 Å². The van der Waals surface area contributed by atoms with Crippen molar-refractivity contribution in [2.24, 2.45) is 5.92 Å². The summed E-state index contributed by atoms with van der Waals surface area (Å²) in [5.41, 5.74) is 4.24. The number of hydrogen-bond donors (Lipinski definition) is 0. The predicted molar refractivity (Wildman–Crippen MR) is 73.3 cm³/mol. The van der Waals surface area contributed by atoms with E-state index < -0.39 is 0 Å². The molecule has 0 saturated carbocycles. The average molecular weight is 236 g/mol. The fourth-order valence-corrected chi connectivity index (χ4v) is 3.42. The fourth-order valence-electron chi connectivity index (χ4n) is 3.42. The first-order valence-electron chi connectivity index (χ1n) is 6.63. The van der Waals surface area contributed by atoms with Gasteiger partial charge in [0.25, 0.3) is 0 Å². The Morgan fingerprint density at radius 1 is 1.22 bits per heavy atom. The van der Waals surface area contributed by atoms with Crippen LogP contribution in [-0.2, 0) is 13.0 Å². The maximum Gasteiger partial charge on any atom is 0.0618 e. The molecule has 3 aliphatic heterocycles. The third kappa shape index (κ3) is 1.28. The Bertz CT molecular complexity index is 678. The predicted octanol–water partition coefficient (Wildman–Crippen LogP) is 2.46.